The number of rotatable bonds is 7. The molecule has 4 aliphatic carbocycles. The number of aliphatic hydroxyl groups is 3. The first-order chi connectivity index (χ1) is 17.7. The quantitative estimate of drug-likeness (QED) is 0.328. The van der Waals surface area contributed by atoms with Crippen LogP contribution in [0.5, 0.6) is 0 Å². The van der Waals surface area contributed by atoms with Gasteiger partial charge in [-0.05, 0) is 104 Å². The summed E-state index contributed by atoms with van der Waals surface area (Å²) in [5.41, 5.74) is 5.94. The van der Waals surface area contributed by atoms with Crippen LogP contribution >= 0.6 is 0 Å². The molecule has 0 bridgehead atoms. The van der Waals surface area contributed by atoms with Crippen molar-refractivity contribution < 1.29 is 15.3 Å². The summed E-state index contributed by atoms with van der Waals surface area (Å²) >= 11 is 0. The molecule has 1 heterocycles. The summed E-state index contributed by atoms with van der Waals surface area (Å²) in [6.07, 6.45) is 19.5. The molecule has 0 saturated heterocycles. The lowest BCUT2D eigenvalue weighted by Crippen LogP contribution is -2.35. The summed E-state index contributed by atoms with van der Waals surface area (Å²) in [4.78, 5) is 3.44. The van der Waals surface area contributed by atoms with E-state index in [0.717, 1.165) is 36.8 Å². The molecule has 0 spiro atoms. The maximum absolute atomic E-state index is 11.2. The summed E-state index contributed by atoms with van der Waals surface area (Å²) in [5.74, 6) is 1.62. The largest absolute Gasteiger partial charge is 0.393 e. The Labute approximate surface area is 223 Å². The van der Waals surface area contributed by atoms with Gasteiger partial charge in [0.15, 0.2) is 0 Å². The molecule has 0 unspecified atom stereocenters. The summed E-state index contributed by atoms with van der Waals surface area (Å²) < 4.78 is 0. The molecule has 202 valence electrons. The first kappa shape index (κ1) is 26.7. The number of aryl methyl sites for hydroxylation is 1. The van der Waals surface area contributed by atoms with E-state index in [4.69, 9.17) is 0 Å². The highest BCUT2D eigenvalue weighted by atomic mass is 16.3. The van der Waals surface area contributed by atoms with Crippen LogP contribution in [0.15, 0.2) is 59.9 Å². The summed E-state index contributed by atoms with van der Waals surface area (Å²) in [7, 11) is 0. The Morgan fingerprint density at radius 1 is 1.16 bits per heavy atom. The number of H-pyrrole nitrogens is 1. The fourth-order valence-electron chi connectivity index (χ4n) is 8.00. The third-order valence-electron chi connectivity index (χ3n) is 10.6. The number of aromatic nitrogens is 1. The first-order valence-electron chi connectivity index (χ1n) is 14.7. The van der Waals surface area contributed by atoms with Crippen LogP contribution < -0.4 is 0 Å². The molecule has 4 N–H and O–H groups in total. The molecule has 1 aromatic heterocycles. The predicted octanol–water partition coefficient (Wildman–Crippen LogP) is 6.30. The average molecular weight is 506 g/mol. The number of hydrogen-bond donors (Lipinski definition) is 4. The highest BCUT2D eigenvalue weighted by molar-refractivity contribution is 5.39. The van der Waals surface area contributed by atoms with Gasteiger partial charge in [0.1, 0.15) is 0 Å². The van der Waals surface area contributed by atoms with Crippen molar-refractivity contribution in [2.75, 3.05) is 0 Å². The van der Waals surface area contributed by atoms with Crippen molar-refractivity contribution in [2.45, 2.75) is 109 Å². The third-order valence-corrected chi connectivity index (χ3v) is 10.6. The van der Waals surface area contributed by atoms with E-state index in [1.165, 1.54) is 42.5 Å². The van der Waals surface area contributed by atoms with Gasteiger partial charge in [-0.3, -0.25) is 0 Å². The van der Waals surface area contributed by atoms with E-state index < -0.39 is 18.3 Å². The molecule has 0 radical (unpaired) electrons. The highest BCUT2D eigenvalue weighted by Gasteiger charge is 2.52. The molecule has 37 heavy (non-hydrogen) atoms. The van der Waals surface area contributed by atoms with Gasteiger partial charge in [0.25, 0.3) is 0 Å². The maximum atomic E-state index is 11.2. The minimum Gasteiger partial charge on any atom is -0.393 e. The van der Waals surface area contributed by atoms with Gasteiger partial charge in [-0.25, -0.2) is 0 Å². The van der Waals surface area contributed by atoms with Crippen molar-refractivity contribution >= 4 is 0 Å². The zero-order valence-electron chi connectivity index (χ0n) is 23.0. The van der Waals surface area contributed by atoms with Gasteiger partial charge in [0.05, 0.1) is 18.3 Å². The standard InChI is InChI=1S/C33H47NO3/c1-5-23-17-30(34-20-23)33(15-16-33)31(37)13-8-21(2)27-11-12-28-24(7-6-14-32(27,28)4)9-10-25-18-26(35)19-29(36)22(25)3/h8-10,13,17,20-21,26-29,31,34-37H,3,5-7,11-12,14-16,18-19H2,1-2,4H3/t21-,26-,27-,28+,29+,31+,32-/m1/s1. The lowest BCUT2D eigenvalue weighted by molar-refractivity contribution is 0.0862. The minimum atomic E-state index is -0.635. The molecule has 4 saturated carbocycles. The number of hydrogen-bond acceptors (Lipinski definition) is 3. The smallest absolute Gasteiger partial charge is 0.0831 e. The van der Waals surface area contributed by atoms with Crippen molar-refractivity contribution in [2.24, 2.45) is 23.2 Å². The number of allylic oxidation sites excluding steroid dienone is 4. The molecule has 1 aromatic rings. The summed E-state index contributed by atoms with van der Waals surface area (Å²) in [6.45, 7) is 11.1. The van der Waals surface area contributed by atoms with E-state index in [9.17, 15) is 15.3 Å². The van der Waals surface area contributed by atoms with Gasteiger partial charge in [-0.2, -0.15) is 0 Å². The Morgan fingerprint density at radius 3 is 2.65 bits per heavy atom. The normalized spacial score (nSPS) is 37.3. The second kappa shape index (κ2) is 10.4. The Bertz CT molecular complexity index is 1090. The van der Waals surface area contributed by atoms with E-state index in [-0.39, 0.29) is 10.8 Å². The molecular weight excluding hydrogens is 458 g/mol. The molecule has 4 fully saturated rings. The van der Waals surface area contributed by atoms with E-state index >= 15 is 0 Å². The highest BCUT2D eigenvalue weighted by Crippen LogP contribution is 2.60. The van der Waals surface area contributed by atoms with Gasteiger partial charge >= 0.3 is 0 Å². The van der Waals surface area contributed by atoms with Crippen LogP contribution in [-0.4, -0.2) is 38.6 Å². The van der Waals surface area contributed by atoms with Crippen LogP contribution in [-0.2, 0) is 11.8 Å². The number of aliphatic hydroxyl groups excluding tert-OH is 3. The van der Waals surface area contributed by atoms with Crippen molar-refractivity contribution in [3.63, 3.8) is 0 Å². The minimum absolute atomic E-state index is 0.121. The van der Waals surface area contributed by atoms with E-state index in [0.29, 0.717) is 30.6 Å². The fraction of sp³-hybridized carbons (Fsp3) is 0.636. The SMILES string of the molecule is C=C1C(=CC=C2CCC[C@]3(C)[C@@H]([C@H](C)C=C[C@H](O)C4(c5cc(CC)c[nH]5)CC4)CC[C@@H]23)C[C@@H](O)C[C@@H]1O. The Balaban J connectivity index is 1.28. The topological polar surface area (TPSA) is 76.5 Å². The Kier molecular flexibility index (Phi) is 7.48. The Hall–Kier alpha value is -1.88. The number of aromatic amines is 1. The molecule has 4 aliphatic rings. The Morgan fingerprint density at radius 2 is 1.95 bits per heavy atom. The van der Waals surface area contributed by atoms with Gasteiger partial charge < -0.3 is 20.3 Å². The average Bonchev–Trinajstić information content (AvgIpc) is 3.39. The molecule has 7 atom stereocenters. The third kappa shape index (κ3) is 4.97. The van der Waals surface area contributed by atoms with Crippen LogP contribution in [0.3, 0.4) is 0 Å². The van der Waals surface area contributed by atoms with Crippen molar-refractivity contribution in [3.8, 4) is 0 Å². The van der Waals surface area contributed by atoms with Gasteiger partial charge in [0, 0.05) is 23.7 Å². The summed E-state index contributed by atoms with van der Waals surface area (Å²) in [6, 6.07) is 2.24. The first-order valence-corrected chi connectivity index (χ1v) is 14.7. The van der Waals surface area contributed by atoms with Crippen LogP contribution in [0, 0.1) is 23.2 Å². The number of fused-ring (bicyclic) bond motifs is 1. The molecule has 4 heteroatoms. The number of nitrogens with one attached hydrogen (secondary N) is 1. The zero-order chi connectivity index (χ0) is 26.4. The molecule has 5 rings (SSSR count). The maximum Gasteiger partial charge on any atom is 0.0831 e. The van der Waals surface area contributed by atoms with Crippen molar-refractivity contribution in [1.29, 1.82) is 0 Å². The predicted molar refractivity (Wildman–Crippen MR) is 150 cm³/mol. The van der Waals surface area contributed by atoms with E-state index in [1.807, 2.05) is 0 Å². The van der Waals surface area contributed by atoms with Crippen molar-refractivity contribution in [1.82, 2.24) is 4.98 Å². The van der Waals surface area contributed by atoms with Crippen molar-refractivity contribution in [3.05, 3.63) is 71.1 Å². The van der Waals surface area contributed by atoms with Gasteiger partial charge in [-0.1, -0.05) is 57.2 Å². The second-order valence-corrected chi connectivity index (χ2v) is 12.8. The molecule has 0 aromatic carbocycles. The molecular formula is C33H47NO3. The fourth-order valence-corrected chi connectivity index (χ4v) is 8.00. The molecule has 0 amide bonds. The van der Waals surface area contributed by atoms with Gasteiger partial charge in [-0.15, -0.1) is 0 Å². The van der Waals surface area contributed by atoms with E-state index in [1.54, 1.807) is 0 Å². The zero-order valence-corrected chi connectivity index (χ0v) is 23.0. The van der Waals surface area contributed by atoms with Crippen LogP contribution in [0.4, 0.5) is 0 Å². The second-order valence-electron chi connectivity index (χ2n) is 12.8. The molecule has 0 aliphatic heterocycles. The lowest BCUT2D eigenvalue weighted by atomic mass is 9.61. The lowest BCUT2D eigenvalue weighted by Gasteiger charge is -2.44. The van der Waals surface area contributed by atoms with Crippen LogP contribution in [0.25, 0.3) is 0 Å². The van der Waals surface area contributed by atoms with Crippen LogP contribution in [0.2, 0.25) is 0 Å². The molecule has 4 nitrogen and oxygen atoms in total. The van der Waals surface area contributed by atoms with E-state index in [2.05, 4.69) is 68.9 Å². The van der Waals surface area contributed by atoms with Crippen LogP contribution in [0.1, 0.15) is 89.8 Å². The summed E-state index contributed by atoms with van der Waals surface area (Å²) in [5, 5.41) is 31.5. The monoisotopic (exact) mass is 505 g/mol. The van der Waals surface area contributed by atoms with Gasteiger partial charge in [0.2, 0.25) is 0 Å².